The largest absolute Gasteiger partial charge is 0.469 e. The van der Waals surface area contributed by atoms with E-state index in [9.17, 15) is 4.79 Å². The monoisotopic (exact) mass is 417 g/mol. The predicted octanol–water partition coefficient (Wildman–Crippen LogP) is 2.59. The number of piperazine rings is 1. The molecular formula is C23H39N5O2. The Morgan fingerprint density at radius 3 is 2.47 bits per heavy atom. The number of carbonyl (C=O) groups is 1. The van der Waals surface area contributed by atoms with Gasteiger partial charge in [-0.3, -0.25) is 14.7 Å². The van der Waals surface area contributed by atoms with Gasteiger partial charge in [0.15, 0.2) is 5.96 Å². The second kappa shape index (κ2) is 12.0. The summed E-state index contributed by atoms with van der Waals surface area (Å²) in [5, 5.41) is 3.58. The zero-order valence-electron chi connectivity index (χ0n) is 18.8. The molecule has 1 atom stereocenters. The summed E-state index contributed by atoms with van der Waals surface area (Å²) >= 11 is 0. The van der Waals surface area contributed by atoms with Gasteiger partial charge in [-0.05, 0) is 38.3 Å². The third kappa shape index (κ3) is 7.04. The van der Waals surface area contributed by atoms with Gasteiger partial charge in [0.2, 0.25) is 5.91 Å². The standard InChI is InChI=1S/C23H39N5O2/c1-3-20(2)25-23(24-11-10-21-9-8-18-30-21)28-16-14-26(15-17-28)19-22(29)27-12-6-4-5-7-13-27/h8-9,18,20H,3-7,10-17,19H2,1-2H3,(H,24,25). The molecule has 168 valence electrons. The average Bonchev–Trinajstić information content (AvgIpc) is 3.13. The summed E-state index contributed by atoms with van der Waals surface area (Å²) in [5.41, 5.74) is 0. The van der Waals surface area contributed by atoms with Crippen LogP contribution in [0.5, 0.6) is 0 Å². The van der Waals surface area contributed by atoms with Gasteiger partial charge in [0.1, 0.15) is 5.76 Å². The van der Waals surface area contributed by atoms with Gasteiger partial charge in [0.25, 0.3) is 0 Å². The van der Waals surface area contributed by atoms with Crippen LogP contribution >= 0.6 is 0 Å². The highest BCUT2D eigenvalue weighted by Crippen LogP contribution is 2.11. The first-order chi connectivity index (χ1) is 14.7. The van der Waals surface area contributed by atoms with Crippen LogP contribution in [0.25, 0.3) is 0 Å². The molecule has 1 N–H and O–H groups in total. The minimum atomic E-state index is 0.301. The molecule has 0 spiro atoms. The molecule has 3 heterocycles. The number of nitrogens with one attached hydrogen (secondary N) is 1. The number of carbonyl (C=O) groups excluding carboxylic acids is 1. The average molecular weight is 418 g/mol. The number of aliphatic imine (C=N–C) groups is 1. The summed E-state index contributed by atoms with van der Waals surface area (Å²) in [5.74, 6) is 2.25. The van der Waals surface area contributed by atoms with Crippen LogP contribution in [0.2, 0.25) is 0 Å². The third-order valence-corrected chi connectivity index (χ3v) is 6.18. The van der Waals surface area contributed by atoms with E-state index < -0.39 is 0 Å². The van der Waals surface area contributed by atoms with Gasteiger partial charge in [-0.2, -0.15) is 0 Å². The van der Waals surface area contributed by atoms with Crippen molar-refractivity contribution in [1.82, 2.24) is 20.0 Å². The Morgan fingerprint density at radius 1 is 1.10 bits per heavy atom. The molecule has 3 rings (SSSR count). The number of amides is 1. The van der Waals surface area contributed by atoms with Crippen molar-refractivity contribution in [3.63, 3.8) is 0 Å². The van der Waals surface area contributed by atoms with Crippen LogP contribution in [-0.2, 0) is 11.2 Å². The van der Waals surface area contributed by atoms with Gasteiger partial charge >= 0.3 is 0 Å². The van der Waals surface area contributed by atoms with Crippen molar-refractivity contribution in [2.75, 3.05) is 52.4 Å². The fourth-order valence-electron chi connectivity index (χ4n) is 4.02. The van der Waals surface area contributed by atoms with Crippen LogP contribution in [-0.4, -0.2) is 85.0 Å². The van der Waals surface area contributed by atoms with Crippen molar-refractivity contribution in [3.05, 3.63) is 24.2 Å². The van der Waals surface area contributed by atoms with E-state index in [1.54, 1.807) is 6.26 Å². The van der Waals surface area contributed by atoms with Crippen molar-refractivity contribution in [1.29, 1.82) is 0 Å². The molecule has 0 radical (unpaired) electrons. The van der Waals surface area contributed by atoms with E-state index in [2.05, 4.69) is 33.9 Å². The minimum Gasteiger partial charge on any atom is -0.469 e. The topological polar surface area (TPSA) is 64.3 Å². The minimum absolute atomic E-state index is 0.301. The van der Waals surface area contributed by atoms with Crippen LogP contribution in [0.3, 0.4) is 0 Å². The van der Waals surface area contributed by atoms with E-state index in [1.165, 1.54) is 12.8 Å². The van der Waals surface area contributed by atoms with Crippen molar-refractivity contribution in [2.24, 2.45) is 4.99 Å². The maximum absolute atomic E-state index is 12.7. The van der Waals surface area contributed by atoms with Gasteiger partial charge in [-0.15, -0.1) is 0 Å². The third-order valence-electron chi connectivity index (χ3n) is 6.18. The fraction of sp³-hybridized carbons (Fsp3) is 0.739. The van der Waals surface area contributed by atoms with E-state index in [0.29, 0.717) is 25.0 Å². The highest BCUT2D eigenvalue weighted by atomic mass is 16.3. The molecule has 0 aliphatic carbocycles. The van der Waals surface area contributed by atoms with E-state index in [-0.39, 0.29) is 0 Å². The Kier molecular flexibility index (Phi) is 9.05. The highest BCUT2D eigenvalue weighted by molar-refractivity contribution is 5.80. The molecule has 1 aromatic heterocycles. The summed E-state index contributed by atoms with van der Waals surface area (Å²) < 4.78 is 5.43. The van der Waals surface area contributed by atoms with Crippen LogP contribution in [0.1, 0.15) is 51.7 Å². The normalized spacial score (nSPS) is 20.1. The molecule has 0 saturated carbocycles. The first-order valence-corrected chi connectivity index (χ1v) is 11.7. The number of guanidine groups is 1. The van der Waals surface area contributed by atoms with Gasteiger partial charge in [-0.1, -0.05) is 19.8 Å². The van der Waals surface area contributed by atoms with Crippen LogP contribution in [0, 0.1) is 0 Å². The van der Waals surface area contributed by atoms with Crippen molar-refractivity contribution in [2.45, 2.75) is 58.4 Å². The van der Waals surface area contributed by atoms with E-state index in [1.807, 2.05) is 12.1 Å². The molecule has 7 heteroatoms. The smallest absolute Gasteiger partial charge is 0.236 e. The Bertz CT molecular complexity index is 645. The van der Waals surface area contributed by atoms with Gasteiger partial charge in [0, 0.05) is 58.3 Å². The second-order valence-electron chi connectivity index (χ2n) is 8.55. The van der Waals surface area contributed by atoms with E-state index in [4.69, 9.17) is 9.41 Å². The Labute approximate surface area is 181 Å². The Balaban J connectivity index is 1.49. The number of likely N-dealkylation sites (tertiary alicyclic amines) is 1. The SMILES string of the molecule is CCC(C)NC(=NCCc1ccco1)N1CCN(CC(=O)N2CCCCCC2)CC1. The number of hydrogen-bond donors (Lipinski definition) is 1. The van der Waals surface area contributed by atoms with Gasteiger partial charge < -0.3 is 19.5 Å². The number of nitrogens with zero attached hydrogens (tertiary/aromatic N) is 4. The van der Waals surface area contributed by atoms with Crippen molar-refractivity contribution in [3.8, 4) is 0 Å². The van der Waals surface area contributed by atoms with Crippen LogP contribution in [0.4, 0.5) is 0 Å². The fourth-order valence-corrected chi connectivity index (χ4v) is 4.02. The van der Waals surface area contributed by atoms with E-state index >= 15 is 0 Å². The lowest BCUT2D eigenvalue weighted by atomic mass is 10.2. The number of hydrogen-bond acceptors (Lipinski definition) is 4. The van der Waals surface area contributed by atoms with Gasteiger partial charge in [0.05, 0.1) is 12.8 Å². The summed E-state index contributed by atoms with van der Waals surface area (Å²) in [6.45, 7) is 11.1. The lowest BCUT2D eigenvalue weighted by Gasteiger charge is -2.37. The van der Waals surface area contributed by atoms with Crippen molar-refractivity contribution >= 4 is 11.9 Å². The molecule has 30 heavy (non-hydrogen) atoms. The number of rotatable bonds is 7. The maximum atomic E-state index is 12.7. The molecule has 0 aromatic carbocycles. The van der Waals surface area contributed by atoms with E-state index in [0.717, 1.165) is 76.7 Å². The van der Waals surface area contributed by atoms with Crippen LogP contribution < -0.4 is 5.32 Å². The molecule has 7 nitrogen and oxygen atoms in total. The summed E-state index contributed by atoms with van der Waals surface area (Å²) in [4.78, 5) is 24.3. The zero-order chi connectivity index (χ0) is 21.2. The molecule has 0 bridgehead atoms. The molecule has 1 unspecified atom stereocenters. The zero-order valence-corrected chi connectivity index (χ0v) is 18.8. The Hall–Kier alpha value is -2.02. The summed E-state index contributed by atoms with van der Waals surface area (Å²) in [7, 11) is 0. The van der Waals surface area contributed by atoms with Gasteiger partial charge in [-0.25, -0.2) is 0 Å². The molecule has 2 aliphatic rings. The molecule has 2 aliphatic heterocycles. The Morgan fingerprint density at radius 2 is 1.83 bits per heavy atom. The molecule has 1 aromatic rings. The predicted molar refractivity (Wildman–Crippen MR) is 121 cm³/mol. The first-order valence-electron chi connectivity index (χ1n) is 11.7. The summed E-state index contributed by atoms with van der Waals surface area (Å²) in [6, 6.07) is 4.30. The quantitative estimate of drug-likeness (QED) is 0.546. The number of furan rings is 1. The molecule has 2 saturated heterocycles. The van der Waals surface area contributed by atoms with Crippen LogP contribution in [0.15, 0.2) is 27.8 Å². The highest BCUT2D eigenvalue weighted by Gasteiger charge is 2.24. The molecule has 2 fully saturated rings. The lowest BCUT2D eigenvalue weighted by Crippen LogP contribution is -2.55. The lowest BCUT2D eigenvalue weighted by molar-refractivity contribution is -0.132. The molecule has 1 amide bonds. The first kappa shape index (κ1) is 22.7. The maximum Gasteiger partial charge on any atom is 0.236 e. The van der Waals surface area contributed by atoms with Crippen molar-refractivity contribution < 1.29 is 9.21 Å². The second-order valence-corrected chi connectivity index (χ2v) is 8.55. The summed E-state index contributed by atoms with van der Waals surface area (Å²) in [6.07, 6.45) is 8.40. The molecular weight excluding hydrogens is 378 g/mol.